The Morgan fingerprint density at radius 3 is 2.60 bits per heavy atom. The fraction of sp³-hybridized carbons (Fsp3) is 0.318. The molecule has 1 fully saturated rings. The highest BCUT2D eigenvalue weighted by Crippen LogP contribution is 2.33. The lowest BCUT2D eigenvalue weighted by Gasteiger charge is -2.31. The first-order valence-corrected chi connectivity index (χ1v) is 9.79. The molecule has 1 aromatic carbocycles. The molecule has 2 aromatic heterocycles. The maximum Gasteiger partial charge on any atom is 0.343 e. The molecule has 3 heterocycles. The summed E-state index contributed by atoms with van der Waals surface area (Å²) in [6.45, 7) is 1.75. The van der Waals surface area contributed by atoms with Crippen molar-refractivity contribution in [3.05, 3.63) is 59.9 Å². The predicted octanol–water partition coefficient (Wildman–Crippen LogP) is 3.63. The van der Waals surface area contributed by atoms with Gasteiger partial charge in [0.1, 0.15) is 5.75 Å². The molecule has 3 aromatic rings. The van der Waals surface area contributed by atoms with Crippen molar-refractivity contribution in [2.45, 2.75) is 25.6 Å². The van der Waals surface area contributed by atoms with E-state index in [2.05, 4.69) is 10.1 Å². The third kappa shape index (κ3) is 4.28. The Bertz CT molecular complexity index is 980. The third-order valence-corrected chi connectivity index (χ3v) is 5.17. The number of benzene rings is 1. The number of ether oxygens (including phenoxy) is 2. The number of aromatic carboxylic acids is 1. The maximum absolute atomic E-state index is 12.0. The number of hydrogen-bond acceptors (Lipinski definition) is 7. The number of carboxylic acid groups (broad SMARTS) is 1. The second-order valence-corrected chi connectivity index (χ2v) is 7.06. The summed E-state index contributed by atoms with van der Waals surface area (Å²) in [7, 11) is 1.58. The summed E-state index contributed by atoms with van der Waals surface area (Å²) in [5.74, 6) is 0.221. The Hall–Kier alpha value is -3.39. The van der Waals surface area contributed by atoms with Gasteiger partial charge < -0.3 is 24.0 Å². The smallest absolute Gasteiger partial charge is 0.343 e. The van der Waals surface area contributed by atoms with Gasteiger partial charge in [-0.2, -0.15) is 0 Å². The number of carboxylic acids is 1. The van der Waals surface area contributed by atoms with E-state index in [1.165, 1.54) is 0 Å². The third-order valence-electron chi connectivity index (χ3n) is 5.17. The zero-order chi connectivity index (χ0) is 20.9. The van der Waals surface area contributed by atoms with Gasteiger partial charge in [-0.25, -0.2) is 4.79 Å². The summed E-state index contributed by atoms with van der Waals surface area (Å²) in [5, 5.41) is 13.9. The number of piperidine rings is 1. The van der Waals surface area contributed by atoms with Crippen molar-refractivity contribution in [2.24, 2.45) is 0 Å². The van der Waals surface area contributed by atoms with Crippen LogP contribution in [0.1, 0.15) is 28.9 Å². The molecular formula is C22H23N3O5. The minimum absolute atomic E-state index is 0.0769. The van der Waals surface area contributed by atoms with Gasteiger partial charge in [-0.05, 0) is 49.2 Å². The van der Waals surface area contributed by atoms with Crippen molar-refractivity contribution >= 4 is 11.8 Å². The van der Waals surface area contributed by atoms with E-state index in [-0.39, 0.29) is 17.4 Å². The predicted molar refractivity (Wildman–Crippen MR) is 110 cm³/mol. The topological polar surface area (TPSA) is 97.9 Å². The van der Waals surface area contributed by atoms with E-state index >= 15 is 0 Å². The molecule has 0 amide bonds. The number of pyridine rings is 1. The quantitative estimate of drug-likeness (QED) is 0.632. The zero-order valence-electron chi connectivity index (χ0n) is 16.7. The van der Waals surface area contributed by atoms with Gasteiger partial charge in [-0.15, -0.1) is 0 Å². The van der Waals surface area contributed by atoms with Gasteiger partial charge in [0, 0.05) is 24.8 Å². The summed E-state index contributed by atoms with van der Waals surface area (Å²) in [6, 6.07) is 12.8. The summed E-state index contributed by atoms with van der Waals surface area (Å²) < 4.78 is 16.6. The van der Waals surface area contributed by atoms with Crippen molar-refractivity contribution in [3.8, 4) is 17.1 Å². The molecule has 0 unspecified atom stereocenters. The van der Waals surface area contributed by atoms with Crippen molar-refractivity contribution in [1.29, 1.82) is 0 Å². The molecule has 30 heavy (non-hydrogen) atoms. The highest BCUT2D eigenvalue weighted by atomic mass is 16.5. The molecule has 1 aliphatic rings. The van der Waals surface area contributed by atoms with Crippen LogP contribution in [0.2, 0.25) is 0 Å². The average molecular weight is 409 g/mol. The Kier molecular flexibility index (Phi) is 5.94. The van der Waals surface area contributed by atoms with Crippen LogP contribution in [0.25, 0.3) is 11.3 Å². The number of aromatic nitrogens is 2. The van der Waals surface area contributed by atoms with E-state index in [0.717, 1.165) is 18.5 Å². The highest BCUT2D eigenvalue weighted by molar-refractivity contribution is 5.99. The first kappa shape index (κ1) is 19.9. The number of rotatable bonds is 7. The van der Waals surface area contributed by atoms with E-state index in [4.69, 9.17) is 14.0 Å². The van der Waals surface area contributed by atoms with Crippen LogP contribution < -0.4 is 9.64 Å². The molecule has 1 aliphatic heterocycles. The van der Waals surface area contributed by atoms with Gasteiger partial charge in [0.2, 0.25) is 0 Å². The maximum atomic E-state index is 12.0. The number of hydrogen-bond donors (Lipinski definition) is 1. The Morgan fingerprint density at radius 2 is 1.97 bits per heavy atom. The molecule has 0 radical (unpaired) electrons. The zero-order valence-corrected chi connectivity index (χ0v) is 16.7. The number of nitrogens with zero attached hydrogens (tertiary/aromatic N) is 3. The van der Waals surface area contributed by atoms with Crippen LogP contribution in [-0.4, -0.2) is 47.5 Å². The SMILES string of the molecule is COc1ccc(-c2onc(N3CCC(OCc4ccccn4)CC3)c2C(=O)O)cc1. The number of carbonyl (C=O) groups is 1. The number of anilines is 1. The van der Waals surface area contributed by atoms with Crippen LogP contribution in [-0.2, 0) is 11.3 Å². The minimum atomic E-state index is -1.06. The standard InChI is InChI=1S/C22H23N3O5/c1-28-17-7-5-15(6-8-17)20-19(22(26)27)21(24-30-20)25-12-9-18(10-13-25)29-14-16-4-2-3-11-23-16/h2-8,11,18H,9-10,12-14H2,1H3,(H,26,27). The van der Waals surface area contributed by atoms with E-state index in [9.17, 15) is 9.90 Å². The van der Waals surface area contributed by atoms with Crippen LogP contribution >= 0.6 is 0 Å². The first-order chi connectivity index (χ1) is 14.7. The van der Waals surface area contributed by atoms with Crippen LogP contribution in [0.3, 0.4) is 0 Å². The van der Waals surface area contributed by atoms with E-state index in [0.29, 0.717) is 36.8 Å². The molecule has 0 aliphatic carbocycles. The van der Waals surface area contributed by atoms with Crippen LogP contribution in [0.4, 0.5) is 5.82 Å². The van der Waals surface area contributed by atoms with Crippen molar-refractivity contribution in [1.82, 2.24) is 10.1 Å². The molecule has 4 rings (SSSR count). The summed E-state index contributed by atoms with van der Waals surface area (Å²) >= 11 is 0. The van der Waals surface area contributed by atoms with Crippen LogP contribution in [0.5, 0.6) is 5.75 Å². The Morgan fingerprint density at radius 1 is 1.20 bits per heavy atom. The van der Waals surface area contributed by atoms with Gasteiger partial charge in [0.05, 0.1) is 25.5 Å². The fourth-order valence-corrected chi connectivity index (χ4v) is 3.55. The lowest BCUT2D eigenvalue weighted by molar-refractivity contribution is 0.0233. The van der Waals surface area contributed by atoms with Gasteiger partial charge in [-0.3, -0.25) is 4.98 Å². The molecule has 0 atom stereocenters. The molecule has 1 saturated heterocycles. The highest BCUT2D eigenvalue weighted by Gasteiger charge is 2.30. The second kappa shape index (κ2) is 8.96. The van der Waals surface area contributed by atoms with Gasteiger partial charge in [0.25, 0.3) is 0 Å². The van der Waals surface area contributed by atoms with Gasteiger partial charge >= 0.3 is 5.97 Å². The van der Waals surface area contributed by atoms with Crippen LogP contribution in [0, 0.1) is 0 Å². The van der Waals surface area contributed by atoms with E-state index < -0.39 is 5.97 Å². The lowest BCUT2D eigenvalue weighted by Crippen LogP contribution is -2.38. The minimum Gasteiger partial charge on any atom is -0.497 e. The van der Waals surface area contributed by atoms with E-state index in [1.54, 1.807) is 37.6 Å². The largest absolute Gasteiger partial charge is 0.497 e. The van der Waals surface area contributed by atoms with Gasteiger partial charge in [-0.1, -0.05) is 11.2 Å². The molecule has 0 bridgehead atoms. The Balaban J connectivity index is 1.44. The summed E-state index contributed by atoms with van der Waals surface area (Å²) in [6.07, 6.45) is 3.40. The lowest BCUT2D eigenvalue weighted by atomic mass is 10.0. The molecular weight excluding hydrogens is 386 g/mol. The average Bonchev–Trinajstić information content (AvgIpc) is 3.24. The van der Waals surface area contributed by atoms with Crippen molar-refractivity contribution in [2.75, 3.05) is 25.1 Å². The summed E-state index contributed by atoms with van der Waals surface area (Å²) in [4.78, 5) is 18.2. The summed E-state index contributed by atoms with van der Waals surface area (Å²) in [5.41, 5.74) is 1.61. The molecule has 1 N–H and O–H groups in total. The molecule has 0 saturated carbocycles. The molecule has 8 nitrogen and oxygen atoms in total. The molecule has 0 spiro atoms. The van der Waals surface area contributed by atoms with Crippen molar-refractivity contribution in [3.63, 3.8) is 0 Å². The Labute approximate surface area is 174 Å². The van der Waals surface area contributed by atoms with Crippen LogP contribution in [0.15, 0.2) is 53.2 Å². The van der Waals surface area contributed by atoms with Gasteiger partial charge in [0.15, 0.2) is 17.1 Å². The van der Waals surface area contributed by atoms with Crippen molar-refractivity contribution < 1.29 is 23.9 Å². The number of methoxy groups -OCH3 is 1. The van der Waals surface area contributed by atoms with E-state index in [1.807, 2.05) is 23.1 Å². The first-order valence-electron chi connectivity index (χ1n) is 9.79. The molecule has 8 heteroatoms. The monoisotopic (exact) mass is 409 g/mol. The second-order valence-electron chi connectivity index (χ2n) is 7.06. The fourth-order valence-electron chi connectivity index (χ4n) is 3.55. The normalized spacial score (nSPS) is 14.6. The molecule has 156 valence electrons.